The average Bonchev–Trinajstić information content (AvgIpc) is 3.08. The molecule has 1 atom stereocenters. The minimum absolute atomic E-state index is 0.439. The van der Waals surface area contributed by atoms with Crippen LogP contribution in [0.1, 0.15) is 23.4 Å². The van der Waals surface area contributed by atoms with Gasteiger partial charge in [0.2, 0.25) is 0 Å². The van der Waals surface area contributed by atoms with Crippen molar-refractivity contribution in [2.24, 2.45) is 0 Å². The van der Waals surface area contributed by atoms with E-state index in [1.165, 1.54) is 16.0 Å². The molecule has 0 saturated carbocycles. The second-order valence-electron chi connectivity index (χ2n) is 4.91. The average molecular weight is 306 g/mol. The van der Waals surface area contributed by atoms with E-state index in [1.54, 1.807) is 11.3 Å². The normalized spacial score (nSPS) is 12.9. The van der Waals surface area contributed by atoms with Crippen molar-refractivity contribution in [3.63, 3.8) is 0 Å². The van der Waals surface area contributed by atoms with Crippen LogP contribution in [0.3, 0.4) is 0 Å². The Morgan fingerprint density at radius 1 is 1.45 bits per heavy atom. The lowest BCUT2D eigenvalue weighted by atomic mass is 10.1. The van der Waals surface area contributed by atoms with Crippen molar-refractivity contribution >= 4 is 33.8 Å². The number of halogens is 1. The maximum atomic E-state index is 5.99. The Labute approximate surface area is 127 Å². The number of fused-ring (bicyclic) bond motifs is 1. The molecule has 0 fully saturated rings. The smallest absolute Gasteiger partial charge is 0.0965 e. The van der Waals surface area contributed by atoms with Gasteiger partial charge in [0, 0.05) is 52.7 Å². The van der Waals surface area contributed by atoms with Crippen molar-refractivity contribution in [2.75, 3.05) is 6.54 Å². The van der Waals surface area contributed by atoms with Gasteiger partial charge in [-0.1, -0.05) is 24.6 Å². The summed E-state index contributed by atoms with van der Waals surface area (Å²) in [6.07, 6.45) is 3.90. The zero-order valence-electron chi connectivity index (χ0n) is 11.2. The van der Waals surface area contributed by atoms with Crippen LogP contribution in [0, 0.1) is 0 Å². The standard InChI is InChI=1S/C15H16ClN3S/c1-10(15-18-4-5-20-15)7-17-8-11-9-19-14-6-12(16)2-3-13(11)14/h2-6,9-10,17,19H,7-8H2,1H3. The third-order valence-electron chi connectivity index (χ3n) is 3.37. The molecule has 0 saturated heterocycles. The molecule has 5 heteroatoms. The maximum absolute atomic E-state index is 5.99. The van der Waals surface area contributed by atoms with Gasteiger partial charge < -0.3 is 10.3 Å². The fourth-order valence-electron chi connectivity index (χ4n) is 2.29. The first-order valence-electron chi connectivity index (χ1n) is 6.59. The van der Waals surface area contributed by atoms with E-state index in [2.05, 4.69) is 28.3 Å². The van der Waals surface area contributed by atoms with Gasteiger partial charge >= 0.3 is 0 Å². The summed E-state index contributed by atoms with van der Waals surface area (Å²) in [6, 6.07) is 5.95. The topological polar surface area (TPSA) is 40.7 Å². The number of aromatic amines is 1. The summed E-state index contributed by atoms with van der Waals surface area (Å²) in [5.74, 6) is 0.439. The van der Waals surface area contributed by atoms with Crippen molar-refractivity contribution in [3.05, 3.63) is 51.6 Å². The van der Waals surface area contributed by atoms with E-state index in [0.29, 0.717) is 5.92 Å². The molecule has 1 aromatic carbocycles. The van der Waals surface area contributed by atoms with Gasteiger partial charge in [-0.15, -0.1) is 11.3 Å². The summed E-state index contributed by atoms with van der Waals surface area (Å²) in [5, 5.41) is 8.69. The molecule has 1 unspecified atom stereocenters. The van der Waals surface area contributed by atoms with Crippen LogP contribution < -0.4 is 5.32 Å². The van der Waals surface area contributed by atoms with E-state index in [4.69, 9.17) is 11.6 Å². The fraction of sp³-hybridized carbons (Fsp3) is 0.267. The highest BCUT2D eigenvalue weighted by Crippen LogP contribution is 2.22. The molecule has 3 nitrogen and oxygen atoms in total. The Morgan fingerprint density at radius 3 is 3.15 bits per heavy atom. The summed E-state index contributed by atoms with van der Waals surface area (Å²) in [6.45, 7) is 3.96. The Kier molecular flexibility index (Phi) is 4.05. The van der Waals surface area contributed by atoms with E-state index < -0.39 is 0 Å². The monoisotopic (exact) mass is 305 g/mol. The van der Waals surface area contributed by atoms with Gasteiger partial charge in [-0.05, 0) is 17.7 Å². The van der Waals surface area contributed by atoms with Crippen molar-refractivity contribution in [3.8, 4) is 0 Å². The van der Waals surface area contributed by atoms with Gasteiger partial charge in [-0.3, -0.25) is 0 Å². The van der Waals surface area contributed by atoms with Gasteiger partial charge in [0.15, 0.2) is 0 Å². The lowest BCUT2D eigenvalue weighted by Gasteiger charge is -2.09. The fourth-order valence-corrected chi connectivity index (χ4v) is 3.16. The SMILES string of the molecule is CC(CNCc1c[nH]c2cc(Cl)ccc12)c1nccs1. The van der Waals surface area contributed by atoms with Crippen molar-refractivity contribution in [1.82, 2.24) is 15.3 Å². The molecular weight excluding hydrogens is 290 g/mol. The van der Waals surface area contributed by atoms with Crippen LogP contribution in [0.25, 0.3) is 10.9 Å². The molecule has 0 aliphatic carbocycles. The van der Waals surface area contributed by atoms with Crippen LogP contribution in [0.2, 0.25) is 5.02 Å². The minimum Gasteiger partial charge on any atom is -0.361 e. The highest BCUT2D eigenvalue weighted by Gasteiger charge is 2.08. The molecule has 0 aliphatic rings. The van der Waals surface area contributed by atoms with Gasteiger partial charge in [0.05, 0.1) is 5.01 Å². The second-order valence-corrected chi connectivity index (χ2v) is 6.27. The molecule has 2 aromatic heterocycles. The van der Waals surface area contributed by atoms with Crippen molar-refractivity contribution < 1.29 is 0 Å². The molecule has 0 aliphatic heterocycles. The van der Waals surface area contributed by atoms with Crippen LogP contribution in [-0.2, 0) is 6.54 Å². The molecule has 2 heterocycles. The molecule has 2 N–H and O–H groups in total. The summed E-state index contributed by atoms with van der Waals surface area (Å²) < 4.78 is 0. The number of aromatic nitrogens is 2. The van der Waals surface area contributed by atoms with E-state index >= 15 is 0 Å². The molecular formula is C15H16ClN3S. The van der Waals surface area contributed by atoms with Crippen LogP contribution in [0.4, 0.5) is 0 Å². The molecule has 3 aromatic rings. The van der Waals surface area contributed by atoms with Crippen LogP contribution in [0.5, 0.6) is 0 Å². The maximum Gasteiger partial charge on any atom is 0.0965 e. The number of thiazole rings is 1. The highest BCUT2D eigenvalue weighted by atomic mass is 35.5. The Morgan fingerprint density at radius 2 is 2.35 bits per heavy atom. The molecule has 104 valence electrons. The number of nitrogens with one attached hydrogen (secondary N) is 2. The predicted molar refractivity (Wildman–Crippen MR) is 85.5 cm³/mol. The van der Waals surface area contributed by atoms with Crippen molar-refractivity contribution in [2.45, 2.75) is 19.4 Å². The second kappa shape index (κ2) is 5.95. The first kappa shape index (κ1) is 13.6. The molecule has 0 amide bonds. The van der Waals surface area contributed by atoms with Crippen LogP contribution >= 0.6 is 22.9 Å². The summed E-state index contributed by atoms with van der Waals surface area (Å²) in [4.78, 5) is 7.61. The van der Waals surface area contributed by atoms with E-state index in [1.807, 2.05) is 29.9 Å². The van der Waals surface area contributed by atoms with Gasteiger partial charge in [0.1, 0.15) is 0 Å². The Balaban J connectivity index is 1.63. The molecule has 20 heavy (non-hydrogen) atoms. The molecule has 0 radical (unpaired) electrons. The molecule has 3 rings (SSSR count). The lowest BCUT2D eigenvalue weighted by Crippen LogP contribution is -2.19. The molecule has 0 spiro atoms. The highest BCUT2D eigenvalue weighted by molar-refractivity contribution is 7.09. The first-order chi connectivity index (χ1) is 9.74. The Hall–Kier alpha value is -1.36. The number of benzene rings is 1. The third-order valence-corrected chi connectivity index (χ3v) is 4.61. The largest absolute Gasteiger partial charge is 0.361 e. The van der Waals surface area contributed by atoms with Crippen molar-refractivity contribution in [1.29, 1.82) is 0 Å². The summed E-state index contributed by atoms with van der Waals surface area (Å²) in [5.41, 5.74) is 2.35. The number of nitrogens with zero attached hydrogens (tertiary/aromatic N) is 1. The number of rotatable bonds is 5. The van der Waals surface area contributed by atoms with Gasteiger partial charge in [-0.2, -0.15) is 0 Å². The zero-order chi connectivity index (χ0) is 13.9. The van der Waals surface area contributed by atoms with Gasteiger partial charge in [-0.25, -0.2) is 4.98 Å². The summed E-state index contributed by atoms with van der Waals surface area (Å²) >= 11 is 7.70. The lowest BCUT2D eigenvalue weighted by molar-refractivity contribution is 0.614. The number of hydrogen-bond donors (Lipinski definition) is 2. The number of H-pyrrole nitrogens is 1. The number of hydrogen-bond acceptors (Lipinski definition) is 3. The minimum atomic E-state index is 0.439. The third kappa shape index (κ3) is 2.87. The zero-order valence-corrected chi connectivity index (χ0v) is 12.8. The first-order valence-corrected chi connectivity index (χ1v) is 7.85. The van der Waals surface area contributed by atoms with Crippen LogP contribution in [-0.4, -0.2) is 16.5 Å². The van der Waals surface area contributed by atoms with E-state index in [9.17, 15) is 0 Å². The molecule has 0 bridgehead atoms. The quantitative estimate of drug-likeness (QED) is 0.742. The van der Waals surface area contributed by atoms with E-state index in [-0.39, 0.29) is 0 Å². The van der Waals surface area contributed by atoms with E-state index in [0.717, 1.165) is 23.6 Å². The van der Waals surface area contributed by atoms with Gasteiger partial charge in [0.25, 0.3) is 0 Å². The predicted octanol–water partition coefficient (Wildman–Crippen LogP) is 4.17. The Bertz CT molecular complexity index is 690. The van der Waals surface area contributed by atoms with Crippen LogP contribution in [0.15, 0.2) is 36.0 Å². The summed E-state index contributed by atoms with van der Waals surface area (Å²) in [7, 11) is 0.